The van der Waals surface area contributed by atoms with Gasteiger partial charge in [-0.25, -0.2) is 4.99 Å². The summed E-state index contributed by atoms with van der Waals surface area (Å²) in [5, 5.41) is 35.3. The Kier molecular flexibility index (Phi) is 9.94. The largest absolute Gasteiger partial charge is 0.393 e. The zero-order valence-electron chi connectivity index (χ0n) is 19.7. The second-order valence-electron chi connectivity index (χ2n) is 9.74. The third-order valence-corrected chi connectivity index (χ3v) is 8.75. The van der Waals surface area contributed by atoms with Crippen molar-refractivity contribution in [1.29, 1.82) is 5.41 Å². The van der Waals surface area contributed by atoms with Crippen LogP contribution < -0.4 is 10.6 Å². The van der Waals surface area contributed by atoms with E-state index in [2.05, 4.69) is 64.5 Å². The fraction of sp³-hybridized carbons (Fsp3) is 0.538. The van der Waals surface area contributed by atoms with Crippen LogP contribution in [-0.4, -0.2) is 52.5 Å². The number of nitrogens with zero attached hydrogens (tertiary/aromatic N) is 1. The van der Waals surface area contributed by atoms with Crippen molar-refractivity contribution in [2.24, 2.45) is 4.99 Å². The van der Waals surface area contributed by atoms with Gasteiger partial charge in [0.1, 0.15) is 0 Å². The molecule has 4 rings (SSSR count). The van der Waals surface area contributed by atoms with Gasteiger partial charge in [-0.15, -0.1) is 0 Å². The lowest BCUT2D eigenvalue weighted by molar-refractivity contribution is 0.116. The molecule has 0 radical (unpaired) electrons. The first-order chi connectivity index (χ1) is 16.8. The Bertz CT molecular complexity index is 1020. The number of hydrogen-bond acceptors (Lipinski definition) is 6. The molecule has 1 aromatic rings. The van der Waals surface area contributed by atoms with E-state index < -0.39 is 0 Å². The summed E-state index contributed by atoms with van der Waals surface area (Å²) in [5.41, 5.74) is 4.14. The van der Waals surface area contributed by atoms with Gasteiger partial charge in [0.2, 0.25) is 0 Å². The van der Waals surface area contributed by atoms with Crippen LogP contribution in [0.15, 0.2) is 48.3 Å². The molecule has 190 valence electrons. The number of aliphatic hydroxyl groups excluding tert-OH is 2. The highest BCUT2D eigenvalue weighted by atomic mass is 79.9. The molecule has 35 heavy (non-hydrogen) atoms. The molecule has 5 N–H and O–H groups in total. The predicted octanol–water partition coefficient (Wildman–Crippen LogP) is 5.81. The number of hydrogen-bond donors (Lipinski definition) is 5. The predicted molar refractivity (Wildman–Crippen MR) is 153 cm³/mol. The number of aliphatic imine (C=N–C) groups is 1. The molecular formula is C26H33Br3N4O2. The summed E-state index contributed by atoms with van der Waals surface area (Å²) in [6, 6.07) is 4.88. The molecule has 1 aromatic carbocycles. The molecule has 0 unspecified atom stereocenters. The van der Waals surface area contributed by atoms with Gasteiger partial charge >= 0.3 is 0 Å². The molecule has 0 heterocycles. The van der Waals surface area contributed by atoms with E-state index in [4.69, 9.17) is 10.4 Å². The fourth-order valence-corrected chi connectivity index (χ4v) is 6.82. The summed E-state index contributed by atoms with van der Waals surface area (Å²) in [4.78, 5) is 5.00. The molecule has 0 aliphatic heterocycles. The Hall–Kier alpha value is -0.680. The molecule has 6 nitrogen and oxygen atoms in total. The van der Waals surface area contributed by atoms with Crippen molar-refractivity contribution in [1.82, 2.24) is 10.6 Å². The number of rotatable bonds is 7. The minimum Gasteiger partial charge on any atom is -0.393 e. The van der Waals surface area contributed by atoms with Gasteiger partial charge in [0.05, 0.1) is 29.3 Å². The first-order valence-corrected chi connectivity index (χ1v) is 14.7. The molecule has 0 amide bonds. The van der Waals surface area contributed by atoms with E-state index in [9.17, 15) is 10.2 Å². The van der Waals surface area contributed by atoms with Gasteiger partial charge in [-0.2, -0.15) is 0 Å². The Morgan fingerprint density at radius 2 is 1.40 bits per heavy atom. The standard InChI is InChI=1S/C26H33Br3N4O2/c27-17-9-16(14-32-19-3-7-22(35)8-4-19)26(24(29)11-17)33-20-10-15(25(30)23(28)12-20)13-31-18-1-5-21(34)6-2-18/h9-12,18-19,21-22,30-32,34-35H,1-8,13-14H2. The molecular weight excluding hydrogens is 640 g/mol. The zero-order valence-corrected chi connectivity index (χ0v) is 24.4. The van der Waals surface area contributed by atoms with Crippen molar-refractivity contribution in [2.45, 2.75) is 82.2 Å². The van der Waals surface area contributed by atoms with Gasteiger partial charge in [-0.3, -0.25) is 5.41 Å². The summed E-state index contributed by atoms with van der Waals surface area (Å²) in [5.74, 6) is 0. The quantitative estimate of drug-likeness (QED) is 0.236. The van der Waals surface area contributed by atoms with Crippen LogP contribution in [0.1, 0.15) is 56.9 Å². The lowest BCUT2D eigenvalue weighted by atomic mass is 9.92. The summed E-state index contributed by atoms with van der Waals surface area (Å²) in [7, 11) is 0. The van der Waals surface area contributed by atoms with Crippen LogP contribution in [0.2, 0.25) is 0 Å². The van der Waals surface area contributed by atoms with Crippen LogP contribution in [0.25, 0.3) is 0 Å². The SMILES string of the molecule is N=C1C(Br)=CC(=Nc2c(Br)cc(Br)cc2CNC2CCC(O)CC2)C=C1CNC1CCC(O)CC1. The van der Waals surface area contributed by atoms with Gasteiger partial charge in [0, 0.05) is 38.6 Å². The van der Waals surface area contributed by atoms with Crippen LogP contribution in [-0.2, 0) is 6.54 Å². The highest BCUT2D eigenvalue weighted by Gasteiger charge is 2.22. The summed E-state index contributed by atoms with van der Waals surface area (Å²) in [6.07, 6.45) is 10.8. The van der Waals surface area contributed by atoms with Crippen LogP contribution in [0, 0.1) is 5.41 Å². The maximum absolute atomic E-state index is 9.79. The third-order valence-electron chi connectivity index (χ3n) is 7.06. The van der Waals surface area contributed by atoms with Crippen LogP contribution in [0.3, 0.4) is 0 Å². The molecule has 2 saturated carbocycles. The average molecular weight is 673 g/mol. The molecule has 3 aliphatic rings. The lowest BCUT2D eigenvalue weighted by Crippen LogP contribution is -2.37. The second-order valence-corrected chi connectivity index (χ2v) is 12.4. The maximum atomic E-state index is 9.79. The molecule has 9 heteroatoms. The van der Waals surface area contributed by atoms with Gasteiger partial charge in [-0.1, -0.05) is 15.9 Å². The average Bonchev–Trinajstić information content (AvgIpc) is 2.83. The van der Waals surface area contributed by atoms with Crippen LogP contribution in [0.5, 0.6) is 0 Å². The van der Waals surface area contributed by atoms with E-state index in [1.54, 1.807) is 0 Å². The zero-order chi connectivity index (χ0) is 24.9. The molecule has 0 aromatic heterocycles. The number of nitrogens with one attached hydrogen (secondary N) is 3. The Morgan fingerprint density at radius 1 is 0.829 bits per heavy atom. The van der Waals surface area contributed by atoms with E-state index >= 15 is 0 Å². The first kappa shape index (κ1) is 27.4. The van der Waals surface area contributed by atoms with Crippen molar-refractivity contribution < 1.29 is 10.2 Å². The monoisotopic (exact) mass is 670 g/mol. The smallest absolute Gasteiger partial charge is 0.0824 e. The van der Waals surface area contributed by atoms with E-state index in [-0.39, 0.29) is 12.2 Å². The van der Waals surface area contributed by atoms with Gasteiger partial charge in [0.25, 0.3) is 0 Å². The van der Waals surface area contributed by atoms with Crippen molar-refractivity contribution in [3.8, 4) is 0 Å². The van der Waals surface area contributed by atoms with Crippen LogP contribution >= 0.6 is 47.8 Å². The molecule has 0 atom stereocenters. The van der Waals surface area contributed by atoms with Gasteiger partial charge in [0.15, 0.2) is 0 Å². The molecule has 3 aliphatic carbocycles. The molecule has 0 spiro atoms. The highest BCUT2D eigenvalue weighted by molar-refractivity contribution is 9.12. The van der Waals surface area contributed by atoms with E-state index in [1.807, 2.05) is 18.2 Å². The molecule has 0 bridgehead atoms. The lowest BCUT2D eigenvalue weighted by Gasteiger charge is -2.27. The summed E-state index contributed by atoms with van der Waals surface area (Å²) < 4.78 is 2.63. The van der Waals surface area contributed by atoms with Crippen molar-refractivity contribution >= 4 is 64.9 Å². The first-order valence-electron chi connectivity index (χ1n) is 12.3. The van der Waals surface area contributed by atoms with Gasteiger partial charge < -0.3 is 20.8 Å². The van der Waals surface area contributed by atoms with E-state index in [0.717, 1.165) is 87.3 Å². The Balaban J connectivity index is 1.50. The number of allylic oxidation sites excluding steroid dienone is 3. The van der Waals surface area contributed by atoms with Crippen LogP contribution in [0.4, 0.5) is 5.69 Å². The number of aliphatic hydroxyl groups is 2. The summed E-state index contributed by atoms with van der Waals surface area (Å²) in [6.45, 7) is 1.29. The number of benzene rings is 1. The third kappa shape index (κ3) is 7.66. The minimum atomic E-state index is -0.172. The topological polar surface area (TPSA) is 101 Å². The van der Waals surface area contributed by atoms with Crippen molar-refractivity contribution in [2.75, 3.05) is 6.54 Å². The van der Waals surface area contributed by atoms with Crippen molar-refractivity contribution in [3.63, 3.8) is 0 Å². The maximum Gasteiger partial charge on any atom is 0.0824 e. The van der Waals surface area contributed by atoms with E-state index in [1.165, 1.54) is 0 Å². The van der Waals surface area contributed by atoms with Gasteiger partial charge in [-0.05, 0) is 119 Å². The Labute approximate surface area is 232 Å². The Morgan fingerprint density at radius 3 is 2.00 bits per heavy atom. The minimum absolute atomic E-state index is 0.162. The normalized spacial score (nSPS) is 28.7. The second kappa shape index (κ2) is 12.7. The molecule has 2 fully saturated rings. The summed E-state index contributed by atoms with van der Waals surface area (Å²) >= 11 is 10.9. The molecule has 0 saturated heterocycles. The fourth-order valence-electron chi connectivity index (χ4n) is 4.93. The number of halogens is 3. The van der Waals surface area contributed by atoms with Crippen molar-refractivity contribution in [3.05, 3.63) is 48.8 Å². The van der Waals surface area contributed by atoms with E-state index in [0.29, 0.717) is 30.9 Å². The highest BCUT2D eigenvalue weighted by Crippen LogP contribution is 2.35.